The van der Waals surface area contributed by atoms with E-state index in [2.05, 4.69) is 33.9 Å². The predicted octanol–water partition coefficient (Wildman–Crippen LogP) is 2.45. The lowest BCUT2D eigenvalue weighted by atomic mass is 10.1. The third-order valence-electron chi connectivity index (χ3n) is 3.28. The van der Waals surface area contributed by atoms with E-state index in [1.165, 1.54) is 5.56 Å². The van der Waals surface area contributed by atoms with E-state index in [-0.39, 0.29) is 0 Å². The summed E-state index contributed by atoms with van der Waals surface area (Å²) in [6, 6.07) is 6.27. The van der Waals surface area contributed by atoms with Crippen LogP contribution in [0.3, 0.4) is 0 Å². The number of benzene rings is 1. The van der Waals surface area contributed by atoms with Crippen molar-refractivity contribution in [1.29, 1.82) is 0 Å². The quantitative estimate of drug-likeness (QED) is 0.896. The lowest BCUT2D eigenvalue weighted by Gasteiger charge is -2.09. The van der Waals surface area contributed by atoms with Gasteiger partial charge in [-0.3, -0.25) is 0 Å². The van der Waals surface area contributed by atoms with E-state index in [0.29, 0.717) is 0 Å². The van der Waals surface area contributed by atoms with Crippen LogP contribution in [0.25, 0.3) is 0 Å². The molecule has 0 fully saturated rings. The maximum atomic E-state index is 5.50. The first-order valence-corrected chi connectivity index (χ1v) is 6.36. The van der Waals surface area contributed by atoms with Crippen LogP contribution in [0.5, 0.6) is 5.75 Å². The summed E-state index contributed by atoms with van der Waals surface area (Å²) >= 11 is 0. The van der Waals surface area contributed by atoms with Crippen molar-refractivity contribution in [3.05, 3.63) is 42.0 Å². The fourth-order valence-electron chi connectivity index (χ4n) is 2.27. The first kappa shape index (κ1) is 11.1. The monoisotopic (exact) mass is 243 g/mol. The number of aromatic nitrogens is 2. The standard InChI is InChI=1S/C14H17N3O/c1-2-17-7-6-15-14(17)10-16-12-3-4-13-11(9-12)5-8-18-13/h3-4,6-7,9,16H,2,5,8,10H2,1H3. The van der Waals surface area contributed by atoms with Crippen LogP contribution in [0.15, 0.2) is 30.6 Å². The number of rotatable bonds is 4. The molecule has 2 heterocycles. The Morgan fingerprint density at radius 2 is 2.39 bits per heavy atom. The van der Waals surface area contributed by atoms with Crippen LogP contribution in [0, 0.1) is 0 Å². The third-order valence-corrected chi connectivity index (χ3v) is 3.28. The zero-order valence-electron chi connectivity index (χ0n) is 10.5. The fraction of sp³-hybridized carbons (Fsp3) is 0.357. The summed E-state index contributed by atoms with van der Waals surface area (Å²) in [6.45, 7) is 4.63. The van der Waals surface area contributed by atoms with Crippen molar-refractivity contribution in [3.8, 4) is 5.75 Å². The summed E-state index contributed by atoms with van der Waals surface area (Å²) in [7, 11) is 0. The van der Waals surface area contributed by atoms with Crippen molar-refractivity contribution >= 4 is 5.69 Å². The number of hydrogen-bond donors (Lipinski definition) is 1. The van der Waals surface area contributed by atoms with Crippen LogP contribution in [-0.4, -0.2) is 16.2 Å². The Kier molecular flexibility index (Phi) is 2.92. The van der Waals surface area contributed by atoms with Crippen LogP contribution >= 0.6 is 0 Å². The van der Waals surface area contributed by atoms with Gasteiger partial charge in [-0.05, 0) is 30.7 Å². The Morgan fingerprint density at radius 1 is 1.44 bits per heavy atom. The Balaban J connectivity index is 1.70. The molecule has 1 N–H and O–H groups in total. The number of aryl methyl sites for hydroxylation is 1. The topological polar surface area (TPSA) is 39.1 Å². The molecule has 1 aromatic carbocycles. The molecule has 0 unspecified atom stereocenters. The van der Waals surface area contributed by atoms with Gasteiger partial charge < -0.3 is 14.6 Å². The Hall–Kier alpha value is -1.97. The van der Waals surface area contributed by atoms with E-state index >= 15 is 0 Å². The zero-order chi connectivity index (χ0) is 12.4. The largest absolute Gasteiger partial charge is 0.493 e. The van der Waals surface area contributed by atoms with Crippen LogP contribution in [0.1, 0.15) is 18.3 Å². The average molecular weight is 243 g/mol. The molecule has 1 aliphatic heterocycles. The molecule has 0 atom stereocenters. The van der Waals surface area contributed by atoms with Gasteiger partial charge >= 0.3 is 0 Å². The maximum Gasteiger partial charge on any atom is 0.128 e. The highest BCUT2D eigenvalue weighted by molar-refractivity contribution is 5.52. The highest BCUT2D eigenvalue weighted by atomic mass is 16.5. The van der Waals surface area contributed by atoms with Gasteiger partial charge in [0.15, 0.2) is 0 Å². The smallest absolute Gasteiger partial charge is 0.128 e. The van der Waals surface area contributed by atoms with Crippen LogP contribution in [0.2, 0.25) is 0 Å². The SMILES string of the molecule is CCn1ccnc1CNc1ccc2c(c1)CCO2. The Morgan fingerprint density at radius 3 is 3.28 bits per heavy atom. The number of nitrogens with one attached hydrogen (secondary N) is 1. The number of anilines is 1. The van der Waals surface area contributed by atoms with Gasteiger partial charge in [-0.1, -0.05) is 0 Å². The van der Waals surface area contributed by atoms with E-state index < -0.39 is 0 Å². The minimum atomic E-state index is 0.750. The van der Waals surface area contributed by atoms with E-state index in [1.807, 2.05) is 18.5 Å². The van der Waals surface area contributed by atoms with Gasteiger partial charge in [0.2, 0.25) is 0 Å². The normalized spacial score (nSPS) is 13.2. The lowest BCUT2D eigenvalue weighted by Crippen LogP contribution is -2.07. The van der Waals surface area contributed by atoms with Crippen LogP contribution in [-0.2, 0) is 19.5 Å². The summed E-state index contributed by atoms with van der Waals surface area (Å²) in [4.78, 5) is 4.35. The molecule has 1 aromatic heterocycles. The third kappa shape index (κ3) is 2.06. The number of hydrogen-bond acceptors (Lipinski definition) is 3. The summed E-state index contributed by atoms with van der Waals surface area (Å²) < 4.78 is 7.64. The average Bonchev–Trinajstić information content (AvgIpc) is 3.04. The van der Waals surface area contributed by atoms with Gasteiger partial charge in [0.05, 0.1) is 13.2 Å². The molecule has 18 heavy (non-hydrogen) atoms. The Labute approximate surface area is 107 Å². The second kappa shape index (κ2) is 4.72. The first-order chi connectivity index (χ1) is 8.86. The molecule has 1 aliphatic rings. The summed E-state index contributed by atoms with van der Waals surface area (Å²) in [5, 5.41) is 3.41. The van der Waals surface area contributed by atoms with Gasteiger partial charge in [0.25, 0.3) is 0 Å². The number of fused-ring (bicyclic) bond motifs is 1. The van der Waals surface area contributed by atoms with Crippen molar-refractivity contribution in [1.82, 2.24) is 9.55 Å². The lowest BCUT2D eigenvalue weighted by molar-refractivity contribution is 0.357. The van der Waals surface area contributed by atoms with E-state index in [4.69, 9.17) is 4.74 Å². The second-order valence-electron chi connectivity index (χ2n) is 4.40. The maximum absolute atomic E-state index is 5.50. The molecule has 0 spiro atoms. The molecule has 2 aromatic rings. The molecule has 4 heteroatoms. The van der Waals surface area contributed by atoms with Crippen LogP contribution in [0.4, 0.5) is 5.69 Å². The van der Waals surface area contributed by atoms with E-state index in [1.54, 1.807) is 0 Å². The molecule has 0 saturated carbocycles. The van der Waals surface area contributed by atoms with Gasteiger partial charge in [-0.15, -0.1) is 0 Å². The molecular formula is C14H17N3O. The molecule has 0 saturated heterocycles. The molecular weight excluding hydrogens is 226 g/mol. The summed E-state index contributed by atoms with van der Waals surface area (Å²) in [5.41, 5.74) is 2.42. The van der Waals surface area contributed by atoms with Gasteiger partial charge in [-0.2, -0.15) is 0 Å². The summed E-state index contributed by atoms with van der Waals surface area (Å²) in [6.07, 6.45) is 4.86. The highest BCUT2D eigenvalue weighted by Crippen LogP contribution is 2.27. The van der Waals surface area contributed by atoms with Gasteiger partial charge in [0, 0.05) is 31.0 Å². The van der Waals surface area contributed by atoms with Crippen LogP contribution < -0.4 is 10.1 Å². The van der Waals surface area contributed by atoms with Gasteiger partial charge in [-0.25, -0.2) is 4.98 Å². The van der Waals surface area contributed by atoms with E-state index in [9.17, 15) is 0 Å². The van der Waals surface area contributed by atoms with Crippen molar-refractivity contribution in [2.45, 2.75) is 26.4 Å². The number of ether oxygens (including phenoxy) is 1. The fourth-order valence-corrected chi connectivity index (χ4v) is 2.27. The molecule has 4 nitrogen and oxygen atoms in total. The molecule has 0 amide bonds. The molecule has 0 aliphatic carbocycles. The number of imidazole rings is 1. The minimum Gasteiger partial charge on any atom is -0.493 e. The minimum absolute atomic E-state index is 0.750. The van der Waals surface area contributed by atoms with Crippen molar-refractivity contribution in [2.24, 2.45) is 0 Å². The van der Waals surface area contributed by atoms with E-state index in [0.717, 1.165) is 43.4 Å². The summed E-state index contributed by atoms with van der Waals surface area (Å²) in [5.74, 6) is 2.09. The number of nitrogens with zero attached hydrogens (tertiary/aromatic N) is 2. The van der Waals surface area contributed by atoms with Crippen molar-refractivity contribution in [3.63, 3.8) is 0 Å². The molecule has 94 valence electrons. The van der Waals surface area contributed by atoms with Crippen molar-refractivity contribution in [2.75, 3.05) is 11.9 Å². The van der Waals surface area contributed by atoms with Gasteiger partial charge in [0.1, 0.15) is 11.6 Å². The zero-order valence-corrected chi connectivity index (χ0v) is 10.5. The highest BCUT2D eigenvalue weighted by Gasteiger charge is 2.11. The first-order valence-electron chi connectivity index (χ1n) is 6.36. The molecule has 0 radical (unpaired) electrons. The molecule has 0 bridgehead atoms. The van der Waals surface area contributed by atoms with Crippen molar-refractivity contribution < 1.29 is 4.74 Å². The Bertz CT molecular complexity index is 548. The predicted molar refractivity (Wildman–Crippen MR) is 70.9 cm³/mol. The molecule has 3 rings (SSSR count). The second-order valence-corrected chi connectivity index (χ2v) is 4.40.